The summed E-state index contributed by atoms with van der Waals surface area (Å²) in [5.74, 6) is 0. The largest absolute Gasteiger partial charge is 0.394 e. The fourth-order valence-corrected chi connectivity index (χ4v) is 2.30. The Labute approximate surface area is 110 Å². The summed E-state index contributed by atoms with van der Waals surface area (Å²) < 4.78 is 0. The third-order valence-corrected chi connectivity index (χ3v) is 3.41. The topological polar surface area (TPSA) is 64.6 Å². The van der Waals surface area contributed by atoms with Crippen molar-refractivity contribution in [1.29, 1.82) is 0 Å². The molecule has 5 nitrogen and oxygen atoms in total. The van der Waals surface area contributed by atoms with Gasteiger partial charge in [0.2, 0.25) is 0 Å². The molecular formula is C13H27N3O2. The minimum Gasteiger partial charge on any atom is -0.394 e. The van der Waals surface area contributed by atoms with Gasteiger partial charge in [-0.2, -0.15) is 0 Å². The highest BCUT2D eigenvalue weighted by molar-refractivity contribution is 5.74. The number of amides is 2. The molecule has 0 aromatic rings. The lowest BCUT2D eigenvalue weighted by Crippen LogP contribution is -2.50. The van der Waals surface area contributed by atoms with E-state index in [0.29, 0.717) is 0 Å². The van der Waals surface area contributed by atoms with Crippen LogP contribution in [-0.2, 0) is 0 Å². The molecule has 0 aliphatic carbocycles. The van der Waals surface area contributed by atoms with Crippen LogP contribution < -0.4 is 10.6 Å². The molecule has 106 valence electrons. The van der Waals surface area contributed by atoms with E-state index in [1.807, 2.05) is 13.8 Å². The fraction of sp³-hybridized carbons (Fsp3) is 0.923. The number of carbonyl (C=O) groups is 1. The molecule has 0 radical (unpaired) electrons. The number of nitrogens with one attached hydrogen (secondary N) is 2. The Morgan fingerprint density at radius 3 is 2.50 bits per heavy atom. The number of carbonyl (C=O) groups excluding carboxylic acids is 1. The number of aliphatic hydroxyl groups is 1. The lowest BCUT2D eigenvalue weighted by atomic mass is 10.1. The second-order valence-electron chi connectivity index (χ2n) is 5.17. The van der Waals surface area contributed by atoms with Crippen LogP contribution in [0.4, 0.5) is 4.79 Å². The molecule has 1 saturated heterocycles. The third kappa shape index (κ3) is 5.69. The van der Waals surface area contributed by atoms with Crippen LogP contribution in [0.3, 0.4) is 0 Å². The van der Waals surface area contributed by atoms with Crippen molar-refractivity contribution in [3.05, 3.63) is 0 Å². The van der Waals surface area contributed by atoms with E-state index < -0.39 is 0 Å². The molecule has 0 aromatic heterocycles. The fourth-order valence-electron chi connectivity index (χ4n) is 2.30. The molecule has 2 unspecified atom stereocenters. The maximum Gasteiger partial charge on any atom is 0.315 e. The monoisotopic (exact) mass is 257 g/mol. The molecule has 1 aliphatic heterocycles. The van der Waals surface area contributed by atoms with Gasteiger partial charge in [-0.1, -0.05) is 13.3 Å². The number of piperidine rings is 1. The van der Waals surface area contributed by atoms with Gasteiger partial charge in [0.25, 0.3) is 0 Å². The van der Waals surface area contributed by atoms with Crippen molar-refractivity contribution in [2.45, 2.75) is 51.6 Å². The summed E-state index contributed by atoms with van der Waals surface area (Å²) >= 11 is 0. The van der Waals surface area contributed by atoms with E-state index in [-0.39, 0.29) is 24.7 Å². The standard InChI is InChI=1S/C13H27N3O2/c1-3-12(10-17)15-13(18)14-11(2)9-16-7-5-4-6-8-16/h11-12,17H,3-10H2,1-2H3,(H2,14,15,18). The molecule has 18 heavy (non-hydrogen) atoms. The van der Waals surface area contributed by atoms with Gasteiger partial charge in [0.15, 0.2) is 0 Å². The summed E-state index contributed by atoms with van der Waals surface area (Å²) in [5, 5.41) is 14.7. The van der Waals surface area contributed by atoms with Crippen molar-refractivity contribution in [2.24, 2.45) is 0 Å². The van der Waals surface area contributed by atoms with Crippen LogP contribution in [-0.4, -0.2) is 54.4 Å². The van der Waals surface area contributed by atoms with E-state index in [0.717, 1.165) is 26.1 Å². The van der Waals surface area contributed by atoms with Crippen molar-refractivity contribution in [2.75, 3.05) is 26.2 Å². The Bertz CT molecular complexity index is 238. The molecule has 2 atom stereocenters. The predicted molar refractivity (Wildman–Crippen MR) is 72.6 cm³/mol. The van der Waals surface area contributed by atoms with Gasteiger partial charge in [-0.25, -0.2) is 4.79 Å². The van der Waals surface area contributed by atoms with E-state index in [9.17, 15) is 4.79 Å². The van der Waals surface area contributed by atoms with Gasteiger partial charge in [0, 0.05) is 12.6 Å². The normalized spacial score (nSPS) is 20.2. The van der Waals surface area contributed by atoms with Crippen molar-refractivity contribution < 1.29 is 9.90 Å². The van der Waals surface area contributed by atoms with Crippen LogP contribution in [0.1, 0.15) is 39.5 Å². The molecule has 0 spiro atoms. The second kappa shape index (κ2) is 8.32. The Kier molecular flexibility index (Phi) is 7.05. The third-order valence-electron chi connectivity index (χ3n) is 3.41. The number of nitrogens with zero attached hydrogens (tertiary/aromatic N) is 1. The summed E-state index contributed by atoms with van der Waals surface area (Å²) in [6, 6.07) is -0.188. The van der Waals surface area contributed by atoms with Gasteiger partial charge in [-0.05, 0) is 39.3 Å². The zero-order chi connectivity index (χ0) is 13.4. The maximum absolute atomic E-state index is 11.7. The van der Waals surface area contributed by atoms with Crippen LogP contribution >= 0.6 is 0 Å². The molecule has 1 aliphatic rings. The summed E-state index contributed by atoms with van der Waals surface area (Å²) in [4.78, 5) is 14.1. The van der Waals surface area contributed by atoms with Crippen LogP contribution in [0.5, 0.6) is 0 Å². The summed E-state index contributed by atoms with van der Waals surface area (Å²) in [5.41, 5.74) is 0. The Balaban J connectivity index is 2.21. The first-order valence-corrected chi connectivity index (χ1v) is 7.06. The van der Waals surface area contributed by atoms with Gasteiger partial charge in [0.1, 0.15) is 0 Å². The van der Waals surface area contributed by atoms with Crippen LogP contribution in [0.15, 0.2) is 0 Å². The van der Waals surface area contributed by atoms with E-state index in [1.165, 1.54) is 19.3 Å². The van der Waals surface area contributed by atoms with Crippen molar-refractivity contribution in [3.8, 4) is 0 Å². The molecule has 0 bridgehead atoms. The molecule has 0 aromatic carbocycles. The Morgan fingerprint density at radius 2 is 1.94 bits per heavy atom. The summed E-state index contributed by atoms with van der Waals surface area (Å²) in [6.07, 6.45) is 4.60. The van der Waals surface area contributed by atoms with Crippen molar-refractivity contribution >= 4 is 6.03 Å². The van der Waals surface area contributed by atoms with Gasteiger partial charge < -0.3 is 20.6 Å². The first-order valence-electron chi connectivity index (χ1n) is 7.06. The van der Waals surface area contributed by atoms with Crippen LogP contribution in [0.25, 0.3) is 0 Å². The number of hydrogen-bond acceptors (Lipinski definition) is 3. The molecule has 1 heterocycles. The first-order chi connectivity index (χ1) is 8.65. The van der Waals surface area contributed by atoms with E-state index in [1.54, 1.807) is 0 Å². The highest BCUT2D eigenvalue weighted by atomic mass is 16.3. The predicted octanol–water partition coefficient (Wildman–Crippen LogP) is 0.931. The second-order valence-corrected chi connectivity index (χ2v) is 5.17. The molecule has 0 saturated carbocycles. The van der Waals surface area contributed by atoms with Crippen LogP contribution in [0, 0.1) is 0 Å². The number of likely N-dealkylation sites (tertiary alicyclic amines) is 1. The highest BCUT2D eigenvalue weighted by Gasteiger charge is 2.16. The average molecular weight is 257 g/mol. The molecule has 1 rings (SSSR count). The van der Waals surface area contributed by atoms with Gasteiger partial charge in [-0.3, -0.25) is 0 Å². The molecule has 2 amide bonds. The maximum atomic E-state index is 11.7. The number of hydrogen-bond donors (Lipinski definition) is 3. The molecular weight excluding hydrogens is 230 g/mol. The lowest BCUT2D eigenvalue weighted by Gasteiger charge is -2.29. The first kappa shape index (κ1) is 15.2. The van der Waals surface area contributed by atoms with Crippen molar-refractivity contribution in [1.82, 2.24) is 15.5 Å². The number of aliphatic hydroxyl groups excluding tert-OH is 1. The number of urea groups is 1. The van der Waals surface area contributed by atoms with Crippen LogP contribution in [0.2, 0.25) is 0 Å². The van der Waals surface area contributed by atoms with Gasteiger partial charge >= 0.3 is 6.03 Å². The minimum atomic E-state index is -0.180. The Hall–Kier alpha value is -0.810. The van der Waals surface area contributed by atoms with Gasteiger partial charge in [-0.15, -0.1) is 0 Å². The highest BCUT2D eigenvalue weighted by Crippen LogP contribution is 2.08. The lowest BCUT2D eigenvalue weighted by molar-refractivity contribution is 0.195. The minimum absolute atomic E-state index is 0.00950. The van der Waals surface area contributed by atoms with E-state index in [2.05, 4.69) is 15.5 Å². The van der Waals surface area contributed by atoms with E-state index >= 15 is 0 Å². The average Bonchev–Trinajstić information content (AvgIpc) is 2.36. The zero-order valence-corrected chi connectivity index (χ0v) is 11.6. The summed E-state index contributed by atoms with van der Waals surface area (Å²) in [6.45, 7) is 7.14. The number of rotatable bonds is 6. The SMILES string of the molecule is CCC(CO)NC(=O)NC(C)CN1CCCCC1. The smallest absolute Gasteiger partial charge is 0.315 e. The summed E-state index contributed by atoms with van der Waals surface area (Å²) in [7, 11) is 0. The molecule has 3 N–H and O–H groups in total. The van der Waals surface area contributed by atoms with E-state index in [4.69, 9.17) is 5.11 Å². The van der Waals surface area contributed by atoms with Gasteiger partial charge in [0.05, 0.1) is 12.6 Å². The van der Waals surface area contributed by atoms with Crippen molar-refractivity contribution in [3.63, 3.8) is 0 Å². The quantitative estimate of drug-likeness (QED) is 0.663. The molecule has 5 heteroatoms. The molecule has 1 fully saturated rings. The zero-order valence-electron chi connectivity index (χ0n) is 11.6. The Morgan fingerprint density at radius 1 is 1.28 bits per heavy atom.